The Morgan fingerprint density at radius 3 is 2.83 bits per heavy atom. The minimum absolute atomic E-state index is 0.0591. The fourth-order valence-corrected chi connectivity index (χ4v) is 3.99. The molecule has 0 aromatic carbocycles. The van der Waals surface area contributed by atoms with Crippen LogP contribution in [0.25, 0.3) is 0 Å². The quantitative estimate of drug-likeness (QED) is 0.774. The number of nitrogens with zero attached hydrogens (tertiary/aromatic N) is 3. The summed E-state index contributed by atoms with van der Waals surface area (Å²) in [6.07, 6.45) is 7.21. The van der Waals surface area contributed by atoms with Gasteiger partial charge in [-0.25, -0.2) is 0 Å². The molecule has 3 aliphatic rings. The van der Waals surface area contributed by atoms with Gasteiger partial charge in [0.05, 0.1) is 11.4 Å². The Balaban J connectivity index is 1.36. The predicted molar refractivity (Wildman–Crippen MR) is 87.6 cm³/mol. The summed E-state index contributed by atoms with van der Waals surface area (Å²) in [6, 6.07) is 0.560. The van der Waals surface area contributed by atoms with Crippen LogP contribution in [0.4, 0.5) is 0 Å². The second-order valence-corrected chi connectivity index (χ2v) is 8.16. The first-order valence-electron chi connectivity index (χ1n) is 8.73. The molecule has 6 nitrogen and oxygen atoms in total. The Morgan fingerprint density at radius 2 is 2.17 bits per heavy atom. The standard InChI is InChI=1S/C16H24N4O2S/c1-10(15(21)17-9-13-3-2-8-22-13)23-16-19-18-14(11-4-5-11)20(16)12-6-7-12/h10-13H,2-9H2,1H3,(H,17,21)/t10-,13-/m0/s1. The first kappa shape index (κ1) is 15.4. The van der Waals surface area contributed by atoms with Crippen molar-refractivity contribution >= 4 is 17.7 Å². The molecule has 2 saturated carbocycles. The maximum absolute atomic E-state index is 12.3. The van der Waals surface area contributed by atoms with Crippen molar-refractivity contribution in [1.82, 2.24) is 20.1 Å². The third-order valence-electron chi connectivity index (χ3n) is 4.72. The number of thioether (sulfide) groups is 1. The molecule has 2 heterocycles. The minimum atomic E-state index is -0.162. The molecule has 7 heteroatoms. The van der Waals surface area contributed by atoms with Crippen LogP contribution in [0.3, 0.4) is 0 Å². The molecule has 3 fully saturated rings. The Bertz CT molecular complexity index is 577. The third kappa shape index (κ3) is 3.55. The van der Waals surface area contributed by atoms with Gasteiger partial charge in [0, 0.05) is 25.1 Å². The monoisotopic (exact) mass is 336 g/mol. The largest absolute Gasteiger partial charge is 0.376 e. The number of amides is 1. The molecular weight excluding hydrogens is 312 g/mol. The van der Waals surface area contributed by atoms with E-state index in [4.69, 9.17) is 4.74 Å². The summed E-state index contributed by atoms with van der Waals surface area (Å²) in [7, 11) is 0. The first-order valence-corrected chi connectivity index (χ1v) is 9.61. The van der Waals surface area contributed by atoms with Gasteiger partial charge in [-0.15, -0.1) is 10.2 Å². The van der Waals surface area contributed by atoms with E-state index in [0.29, 0.717) is 18.5 Å². The lowest BCUT2D eigenvalue weighted by atomic mass is 10.2. The van der Waals surface area contributed by atoms with Gasteiger partial charge in [-0.05, 0) is 45.4 Å². The van der Waals surface area contributed by atoms with Gasteiger partial charge in [-0.2, -0.15) is 0 Å². The molecule has 23 heavy (non-hydrogen) atoms. The van der Waals surface area contributed by atoms with E-state index < -0.39 is 0 Å². The summed E-state index contributed by atoms with van der Waals surface area (Å²) in [5, 5.41) is 12.5. The van der Waals surface area contributed by atoms with Gasteiger partial charge >= 0.3 is 0 Å². The molecule has 126 valence electrons. The average molecular weight is 336 g/mol. The van der Waals surface area contributed by atoms with Gasteiger partial charge in [0.1, 0.15) is 5.82 Å². The van der Waals surface area contributed by atoms with Crippen LogP contribution >= 0.6 is 11.8 Å². The molecule has 0 bridgehead atoms. The molecular formula is C16H24N4O2S. The van der Waals surface area contributed by atoms with Crippen LogP contribution < -0.4 is 5.32 Å². The SMILES string of the molecule is C[C@H](Sc1nnc(C2CC2)n1C1CC1)C(=O)NC[C@@H]1CCCO1. The highest BCUT2D eigenvalue weighted by atomic mass is 32.2. The zero-order valence-corrected chi connectivity index (χ0v) is 14.3. The van der Waals surface area contributed by atoms with Crippen LogP contribution in [-0.2, 0) is 9.53 Å². The number of rotatable bonds is 7. The summed E-state index contributed by atoms with van der Waals surface area (Å²) in [5.41, 5.74) is 0. The lowest BCUT2D eigenvalue weighted by molar-refractivity contribution is -0.120. The average Bonchev–Trinajstić information content (AvgIpc) is 3.48. The van der Waals surface area contributed by atoms with E-state index in [1.54, 1.807) is 0 Å². The third-order valence-corrected chi connectivity index (χ3v) is 5.78. The van der Waals surface area contributed by atoms with Crippen molar-refractivity contribution in [2.24, 2.45) is 0 Å². The fourth-order valence-electron chi connectivity index (χ4n) is 3.04. The van der Waals surface area contributed by atoms with Crippen molar-refractivity contribution in [3.8, 4) is 0 Å². The number of hydrogen-bond acceptors (Lipinski definition) is 5. The van der Waals surface area contributed by atoms with Crippen LogP contribution in [0.1, 0.15) is 63.2 Å². The highest BCUT2D eigenvalue weighted by molar-refractivity contribution is 8.00. The molecule has 1 N–H and O–H groups in total. The van der Waals surface area contributed by atoms with E-state index in [9.17, 15) is 4.79 Å². The molecule has 2 aliphatic carbocycles. The number of ether oxygens (including phenoxy) is 1. The van der Waals surface area contributed by atoms with Crippen LogP contribution in [-0.4, -0.2) is 45.2 Å². The highest BCUT2D eigenvalue weighted by Crippen LogP contribution is 2.46. The fraction of sp³-hybridized carbons (Fsp3) is 0.812. The zero-order valence-electron chi connectivity index (χ0n) is 13.5. The smallest absolute Gasteiger partial charge is 0.233 e. The molecule has 1 aromatic rings. The van der Waals surface area contributed by atoms with Crippen molar-refractivity contribution < 1.29 is 9.53 Å². The van der Waals surface area contributed by atoms with E-state index in [1.807, 2.05) is 6.92 Å². The Labute approximate surface area is 140 Å². The van der Waals surface area contributed by atoms with Gasteiger partial charge in [0.2, 0.25) is 5.91 Å². The molecule has 1 aromatic heterocycles. The summed E-state index contributed by atoms with van der Waals surface area (Å²) in [4.78, 5) is 12.3. The lowest BCUT2D eigenvalue weighted by Crippen LogP contribution is -2.36. The molecule has 2 atom stereocenters. The molecule has 0 unspecified atom stereocenters. The van der Waals surface area contributed by atoms with Crippen LogP contribution in [0.15, 0.2) is 5.16 Å². The van der Waals surface area contributed by atoms with Crippen molar-refractivity contribution in [3.05, 3.63) is 5.82 Å². The van der Waals surface area contributed by atoms with Gasteiger partial charge in [0.25, 0.3) is 0 Å². The van der Waals surface area contributed by atoms with Crippen LogP contribution in [0.5, 0.6) is 0 Å². The van der Waals surface area contributed by atoms with Crippen molar-refractivity contribution in [2.75, 3.05) is 13.2 Å². The lowest BCUT2D eigenvalue weighted by Gasteiger charge is -2.15. The Hall–Kier alpha value is -1.08. The van der Waals surface area contributed by atoms with E-state index in [2.05, 4.69) is 20.1 Å². The van der Waals surface area contributed by atoms with Crippen molar-refractivity contribution in [3.63, 3.8) is 0 Å². The molecule has 1 aliphatic heterocycles. The predicted octanol–water partition coefficient (Wildman–Crippen LogP) is 2.27. The summed E-state index contributed by atoms with van der Waals surface area (Å²) in [6.45, 7) is 3.38. The summed E-state index contributed by atoms with van der Waals surface area (Å²) < 4.78 is 7.85. The first-order chi connectivity index (χ1) is 11.2. The Morgan fingerprint density at radius 1 is 1.35 bits per heavy atom. The highest BCUT2D eigenvalue weighted by Gasteiger charge is 2.37. The van der Waals surface area contributed by atoms with Crippen LogP contribution in [0, 0.1) is 0 Å². The van der Waals surface area contributed by atoms with Gasteiger partial charge in [0.15, 0.2) is 5.16 Å². The van der Waals surface area contributed by atoms with Crippen molar-refractivity contribution in [1.29, 1.82) is 0 Å². The van der Waals surface area contributed by atoms with Gasteiger partial charge in [-0.3, -0.25) is 4.79 Å². The molecule has 0 radical (unpaired) electrons. The zero-order chi connectivity index (χ0) is 15.8. The van der Waals surface area contributed by atoms with Gasteiger partial charge < -0.3 is 14.6 Å². The summed E-state index contributed by atoms with van der Waals surface area (Å²) in [5.74, 6) is 1.80. The molecule has 0 spiro atoms. The molecule has 1 amide bonds. The molecule has 4 rings (SSSR count). The summed E-state index contributed by atoms with van der Waals surface area (Å²) >= 11 is 1.53. The normalized spacial score (nSPS) is 25.5. The second-order valence-electron chi connectivity index (χ2n) is 6.86. The topological polar surface area (TPSA) is 69.0 Å². The van der Waals surface area contributed by atoms with E-state index in [-0.39, 0.29) is 17.3 Å². The number of carbonyl (C=O) groups is 1. The van der Waals surface area contributed by atoms with Crippen LogP contribution in [0.2, 0.25) is 0 Å². The van der Waals surface area contributed by atoms with E-state index >= 15 is 0 Å². The maximum Gasteiger partial charge on any atom is 0.233 e. The minimum Gasteiger partial charge on any atom is -0.376 e. The molecule has 1 saturated heterocycles. The number of carbonyl (C=O) groups excluding carboxylic acids is 1. The van der Waals surface area contributed by atoms with Gasteiger partial charge in [-0.1, -0.05) is 11.8 Å². The Kier molecular flexibility index (Phi) is 4.32. The number of hydrogen-bond donors (Lipinski definition) is 1. The maximum atomic E-state index is 12.3. The number of aromatic nitrogens is 3. The van der Waals surface area contributed by atoms with E-state index in [1.165, 1.54) is 37.4 Å². The van der Waals surface area contributed by atoms with E-state index in [0.717, 1.165) is 30.4 Å². The second kappa shape index (κ2) is 6.43. The number of nitrogens with one attached hydrogen (secondary N) is 1. The van der Waals surface area contributed by atoms with Crippen molar-refractivity contribution in [2.45, 2.75) is 73.9 Å².